The molecule has 0 aliphatic carbocycles. The first-order valence-electron chi connectivity index (χ1n) is 7.62. The highest BCUT2D eigenvalue weighted by Gasteiger charge is 2.36. The predicted octanol–water partition coefficient (Wildman–Crippen LogP) is 2.94. The number of carbonyl (C=O) groups is 1. The summed E-state index contributed by atoms with van der Waals surface area (Å²) in [6, 6.07) is 2.42. The number of rotatable bonds is 3. The van der Waals surface area contributed by atoms with Crippen LogP contribution in [0, 0.1) is 11.7 Å². The predicted molar refractivity (Wildman–Crippen MR) is 89.6 cm³/mol. The first-order valence-corrected chi connectivity index (χ1v) is 7.62. The lowest BCUT2D eigenvalue weighted by atomic mass is 9.90. The smallest absolute Gasteiger partial charge is 0.326 e. The van der Waals surface area contributed by atoms with Crippen molar-refractivity contribution >= 4 is 24.0 Å². The van der Waals surface area contributed by atoms with Crippen LogP contribution in [0.2, 0.25) is 0 Å². The van der Waals surface area contributed by atoms with E-state index in [0.717, 1.165) is 11.6 Å². The zero-order valence-corrected chi connectivity index (χ0v) is 14.5. The number of hydrogen-bond donors (Lipinski definition) is 2. The molecule has 0 spiro atoms. The summed E-state index contributed by atoms with van der Waals surface area (Å²) < 4.78 is 53.3. The quantitative estimate of drug-likeness (QED) is 0.790. The van der Waals surface area contributed by atoms with Crippen molar-refractivity contribution in [3.8, 4) is 0 Å². The first-order chi connectivity index (χ1) is 11.8. The van der Waals surface area contributed by atoms with Crippen LogP contribution in [-0.2, 0) is 18.0 Å². The molecular formula is C16H17ClF4N4O. The van der Waals surface area contributed by atoms with E-state index in [4.69, 9.17) is 0 Å². The van der Waals surface area contributed by atoms with Gasteiger partial charge in [-0.15, -0.1) is 12.4 Å². The van der Waals surface area contributed by atoms with Crippen molar-refractivity contribution in [3.05, 3.63) is 47.5 Å². The van der Waals surface area contributed by atoms with Crippen LogP contribution in [0.4, 0.5) is 23.2 Å². The lowest BCUT2D eigenvalue weighted by Gasteiger charge is -2.18. The van der Waals surface area contributed by atoms with Crippen molar-refractivity contribution in [1.29, 1.82) is 0 Å². The Hall–Kier alpha value is -2.13. The number of aryl methyl sites for hydroxylation is 1. The number of aromatic nitrogens is 2. The molecule has 142 valence electrons. The molecule has 0 bridgehead atoms. The second-order valence-corrected chi connectivity index (χ2v) is 6.00. The monoisotopic (exact) mass is 392 g/mol. The van der Waals surface area contributed by atoms with Gasteiger partial charge >= 0.3 is 6.18 Å². The Morgan fingerprint density at radius 2 is 2.08 bits per heavy atom. The summed E-state index contributed by atoms with van der Waals surface area (Å²) in [7, 11) is 1.76. The summed E-state index contributed by atoms with van der Waals surface area (Å²) in [4.78, 5) is 12.5. The summed E-state index contributed by atoms with van der Waals surface area (Å²) in [5.41, 5.74) is -0.614. The number of nitrogens with zero attached hydrogens (tertiary/aromatic N) is 2. The molecule has 0 radical (unpaired) electrons. The number of halogens is 5. The van der Waals surface area contributed by atoms with Crippen LogP contribution in [0.3, 0.4) is 0 Å². The average molecular weight is 393 g/mol. The van der Waals surface area contributed by atoms with E-state index in [2.05, 4.69) is 15.7 Å². The van der Waals surface area contributed by atoms with Gasteiger partial charge in [0, 0.05) is 37.9 Å². The number of hydrogen-bond acceptors (Lipinski definition) is 3. The summed E-state index contributed by atoms with van der Waals surface area (Å²) in [6.45, 7) is 0.972. The molecule has 10 heteroatoms. The number of anilines is 1. The Morgan fingerprint density at radius 3 is 2.69 bits per heavy atom. The van der Waals surface area contributed by atoms with Crippen LogP contribution in [0.25, 0.3) is 0 Å². The molecule has 1 aliphatic heterocycles. The molecule has 1 aromatic carbocycles. The Bertz CT molecular complexity index is 793. The van der Waals surface area contributed by atoms with Crippen molar-refractivity contribution in [2.45, 2.75) is 12.1 Å². The van der Waals surface area contributed by atoms with Crippen molar-refractivity contribution < 1.29 is 22.4 Å². The van der Waals surface area contributed by atoms with Crippen LogP contribution < -0.4 is 10.6 Å². The number of carbonyl (C=O) groups excluding carboxylic acids is 1. The molecule has 1 aliphatic rings. The van der Waals surface area contributed by atoms with Crippen LogP contribution in [0.15, 0.2) is 30.6 Å². The van der Waals surface area contributed by atoms with Gasteiger partial charge in [-0.1, -0.05) is 0 Å². The lowest BCUT2D eigenvalue weighted by molar-refractivity contribution is -0.140. The van der Waals surface area contributed by atoms with Crippen LogP contribution in [0.1, 0.15) is 17.0 Å². The van der Waals surface area contributed by atoms with Crippen LogP contribution in [0.5, 0.6) is 0 Å². The molecule has 2 N–H and O–H groups in total. The van der Waals surface area contributed by atoms with E-state index in [0.29, 0.717) is 25.2 Å². The molecule has 0 saturated carbocycles. The minimum Gasteiger partial charge on any atom is -0.326 e. The molecule has 2 aromatic rings. The van der Waals surface area contributed by atoms with Gasteiger partial charge in [0.1, 0.15) is 5.82 Å². The Balaban J connectivity index is 0.00000243. The number of amides is 1. The van der Waals surface area contributed by atoms with E-state index in [1.165, 1.54) is 0 Å². The topological polar surface area (TPSA) is 59.0 Å². The standard InChI is InChI=1S/C16H16F4N4O.ClH/c1-24-8-9(5-22-24)11-6-21-7-12(11)15(25)23-10-2-3-14(17)13(4-10)16(18,19)20;/h2-5,8,11-12,21H,6-7H2,1H3,(H,23,25);1H/t11-,12+;/m1./s1. The van der Waals surface area contributed by atoms with Gasteiger partial charge in [0.2, 0.25) is 5.91 Å². The van der Waals surface area contributed by atoms with Crippen molar-refractivity contribution in [3.63, 3.8) is 0 Å². The van der Waals surface area contributed by atoms with Gasteiger partial charge < -0.3 is 10.6 Å². The Morgan fingerprint density at radius 1 is 1.35 bits per heavy atom. The summed E-state index contributed by atoms with van der Waals surface area (Å²) >= 11 is 0. The van der Waals surface area contributed by atoms with Gasteiger partial charge in [-0.2, -0.15) is 18.3 Å². The zero-order valence-electron chi connectivity index (χ0n) is 13.7. The maximum absolute atomic E-state index is 13.3. The minimum absolute atomic E-state index is 0. The maximum atomic E-state index is 13.3. The number of benzene rings is 1. The SMILES string of the molecule is Cl.Cn1cc([C@H]2CNC[C@@H]2C(=O)Nc2ccc(F)c(C(F)(F)F)c2)cn1. The fourth-order valence-corrected chi connectivity index (χ4v) is 2.99. The fourth-order valence-electron chi connectivity index (χ4n) is 2.99. The van der Waals surface area contributed by atoms with Crippen molar-refractivity contribution in [1.82, 2.24) is 15.1 Å². The molecule has 2 atom stereocenters. The fraction of sp³-hybridized carbons (Fsp3) is 0.375. The summed E-state index contributed by atoms with van der Waals surface area (Å²) in [5.74, 6) is -2.38. The van der Waals surface area contributed by atoms with Gasteiger partial charge in [-0.3, -0.25) is 9.48 Å². The lowest BCUT2D eigenvalue weighted by Crippen LogP contribution is -2.28. The maximum Gasteiger partial charge on any atom is 0.419 e. The third-order valence-corrected chi connectivity index (χ3v) is 4.24. The third-order valence-electron chi connectivity index (χ3n) is 4.24. The number of nitrogens with one attached hydrogen (secondary N) is 2. The summed E-state index contributed by atoms with van der Waals surface area (Å²) in [5, 5.41) is 9.64. The average Bonchev–Trinajstić information content (AvgIpc) is 3.16. The van der Waals surface area contributed by atoms with Crippen LogP contribution in [-0.4, -0.2) is 28.8 Å². The van der Waals surface area contributed by atoms with E-state index in [1.807, 2.05) is 0 Å². The molecular weight excluding hydrogens is 376 g/mol. The van der Waals surface area contributed by atoms with E-state index in [1.54, 1.807) is 24.1 Å². The van der Waals surface area contributed by atoms with E-state index >= 15 is 0 Å². The highest BCUT2D eigenvalue weighted by molar-refractivity contribution is 5.93. The largest absolute Gasteiger partial charge is 0.419 e. The summed E-state index contributed by atoms with van der Waals surface area (Å²) in [6.07, 6.45) is -1.35. The highest BCUT2D eigenvalue weighted by Crippen LogP contribution is 2.34. The van der Waals surface area contributed by atoms with Gasteiger partial charge in [0.15, 0.2) is 0 Å². The molecule has 5 nitrogen and oxygen atoms in total. The molecule has 3 rings (SSSR count). The van der Waals surface area contributed by atoms with Gasteiger partial charge in [-0.25, -0.2) is 4.39 Å². The molecule has 1 saturated heterocycles. The first kappa shape index (κ1) is 20.2. The van der Waals surface area contributed by atoms with Crippen molar-refractivity contribution in [2.24, 2.45) is 13.0 Å². The molecule has 26 heavy (non-hydrogen) atoms. The molecule has 1 amide bonds. The van der Waals surface area contributed by atoms with E-state index in [-0.39, 0.29) is 24.0 Å². The van der Waals surface area contributed by atoms with Gasteiger partial charge in [0.05, 0.1) is 17.7 Å². The van der Waals surface area contributed by atoms with Crippen LogP contribution >= 0.6 is 12.4 Å². The van der Waals surface area contributed by atoms with E-state index in [9.17, 15) is 22.4 Å². The normalized spacial score (nSPS) is 19.9. The highest BCUT2D eigenvalue weighted by atomic mass is 35.5. The Kier molecular flexibility index (Phi) is 5.92. The molecule has 1 aromatic heterocycles. The van der Waals surface area contributed by atoms with Crippen molar-refractivity contribution in [2.75, 3.05) is 18.4 Å². The molecule has 0 unspecified atom stereocenters. The zero-order chi connectivity index (χ0) is 18.2. The number of alkyl halides is 3. The molecule has 2 heterocycles. The third kappa shape index (κ3) is 4.16. The Labute approximate surface area is 153 Å². The van der Waals surface area contributed by atoms with Gasteiger partial charge in [-0.05, 0) is 23.8 Å². The van der Waals surface area contributed by atoms with E-state index < -0.39 is 29.4 Å². The second-order valence-electron chi connectivity index (χ2n) is 6.00. The second kappa shape index (κ2) is 7.63. The van der Waals surface area contributed by atoms with Gasteiger partial charge in [0.25, 0.3) is 0 Å². The minimum atomic E-state index is -4.82. The molecule has 1 fully saturated rings.